The van der Waals surface area contributed by atoms with Gasteiger partial charge in [0.15, 0.2) is 0 Å². The van der Waals surface area contributed by atoms with E-state index in [9.17, 15) is 23.1 Å². The average Bonchev–Trinajstić information content (AvgIpc) is 2.95. The Kier molecular flexibility index (Phi) is 8.29. The van der Waals surface area contributed by atoms with Crippen molar-refractivity contribution in [3.63, 3.8) is 0 Å². The number of halogens is 2. The zero-order chi connectivity index (χ0) is 23.5. The Bertz CT molecular complexity index is 1130. The lowest BCUT2D eigenvalue weighted by Crippen LogP contribution is -2.11. The van der Waals surface area contributed by atoms with Crippen molar-refractivity contribution in [2.45, 2.75) is 29.4 Å². The Balaban J connectivity index is 1.75. The second-order valence-electron chi connectivity index (χ2n) is 7.09. The average molecular weight is 522 g/mol. The SMILES string of the molecule is COc1cc2c(c(Cl)c1Cl)C(COCCc1cc([N+](=O)[O-])ccc1S(=O)(=O)O)SCCC2. The molecule has 1 aliphatic heterocycles. The maximum absolute atomic E-state index is 11.6. The summed E-state index contributed by atoms with van der Waals surface area (Å²) in [5.41, 5.74) is 1.79. The fourth-order valence-electron chi connectivity index (χ4n) is 3.57. The van der Waals surface area contributed by atoms with Gasteiger partial charge in [0, 0.05) is 12.1 Å². The van der Waals surface area contributed by atoms with E-state index in [4.69, 9.17) is 32.7 Å². The summed E-state index contributed by atoms with van der Waals surface area (Å²) in [5.74, 6) is 1.42. The van der Waals surface area contributed by atoms with E-state index in [1.165, 1.54) is 7.11 Å². The largest absolute Gasteiger partial charge is 0.495 e. The smallest absolute Gasteiger partial charge is 0.294 e. The molecular weight excluding hydrogens is 501 g/mol. The van der Waals surface area contributed by atoms with Crippen LogP contribution in [0.15, 0.2) is 29.2 Å². The van der Waals surface area contributed by atoms with Crippen LogP contribution in [0.25, 0.3) is 0 Å². The molecular formula is C20H21Cl2NO7S2. The molecule has 0 radical (unpaired) electrons. The lowest BCUT2D eigenvalue weighted by atomic mass is 10.00. The summed E-state index contributed by atoms with van der Waals surface area (Å²) >= 11 is 14.6. The Labute approximate surface area is 200 Å². The third-order valence-electron chi connectivity index (χ3n) is 5.07. The molecule has 12 heteroatoms. The van der Waals surface area contributed by atoms with Gasteiger partial charge in [-0.3, -0.25) is 14.7 Å². The number of aryl methyl sites for hydroxylation is 1. The number of ether oxygens (including phenoxy) is 2. The molecule has 1 atom stereocenters. The highest BCUT2D eigenvalue weighted by atomic mass is 35.5. The number of benzene rings is 2. The molecule has 0 spiro atoms. The Morgan fingerprint density at radius 3 is 2.69 bits per heavy atom. The number of rotatable bonds is 8. The second kappa shape index (κ2) is 10.6. The lowest BCUT2D eigenvalue weighted by Gasteiger charge is -2.21. The van der Waals surface area contributed by atoms with Crippen molar-refractivity contribution in [2.24, 2.45) is 0 Å². The van der Waals surface area contributed by atoms with Gasteiger partial charge in [0.25, 0.3) is 15.8 Å². The van der Waals surface area contributed by atoms with Gasteiger partial charge < -0.3 is 9.47 Å². The van der Waals surface area contributed by atoms with Crippen LogP contribution in [0.3, 0.4) is 0 Å². The highest BCUT2D eigenvalue weighted by Gasteiger charge is 2.26. The standard InChI is InChI=1S/C20H21Cl2NO7S2/c1-29-15-10-13-3-2-8-31-16(18(13)20(22)19(15)21)11-30-7-6-12-9-14(23(24)25)4-5-17(12)32(26,27)28/h4-5,9-10,16H,2-3,6-8,11H2,1H3,(H,26,27,28). The van der Waals surface area contributed by atoms with Gasteiger partial charge in [0.2, 0.25) is 0 Å². The Morgan fingerprint density at radius 1 is 1.28 bits per heavy atom. The lowest BCUT2D eigenvalue weighted by molar-refractivity contribution is -0.385. The number of nitro benzene ring substituents is 1. The molecule has 1 unspecified atom stereocenters. The van der Waals surface area contributed by atoms with Gasteiger partial charge in [-0.2, -0.15) is 20.2 Å². The first-order chi connectivity index (χ1) is 15.1. The number of methoxy groups -OCH3 is 1. The van der Waals surface area contributed by atoms with Gasteiger partial charge in [0.05, 0.1) is 40.4 Å². The van der Waals surface area contributed by atoms with Crippen LogP contribution in [0.2, 0.25) is 10.0 Å². The third-order valence-corrected chi connectivity index (χ3v) is 8.18. The van der Waals surface area contributed by atoms with Crippen molar-refractivity contribution in [3.05, 3.63) is 61.1 Å². The van der Waals surface area contributed by atoms with Gasteiger partial charge in [0.1, 0.15) is 10.8 Å². The molecule has 0 bridgehead atoms. The van der Waals surface area contributed by atoms with Crippen LogP contribution >= 0.6 is 35.0 Å². The minimum atomic E-state index is -4.52. The first-order valence-corrected chi connectivity index (χ1v) is 12.9. The molecule has 0 fully saturated rings. The second-order valence-corrected chi connectivity index (χ2v) is 10.5. The monoisotopic (exact) mass is 521 g/mol. The number of fused-ring (bicyclic) bond motifs is 1. The molecule has 1 heterocycles. The van der Waals surface area contributed by atoms with E-state index in [1.807, 2.05) is 6.07 Å². The fourth-order valence-corrected chi connectivity index (χ4v) is 6.17. The molecule has 2 aromatic carbocycles. The van der Waals surface area contributed by atoms with Gasteiger partial charge in [-0.25, -0.2) is 0 Å². The summed E-state index contributed by atoms with van der Waals surface area (Å²) in [6, 6.07) is 5.08. The summed E-state index contributed by atoms with van der Waals surface area (Å²) < 4.78 is 43.8. The van der Waals surface area contributed by atoms with Crippen molar-refractivity contribution >= 4 is 50.8 Å². The maximum Gasteiger partial charge on any atom is 0.294 e. The van der Waals surface area contributed by atoms with E-state index >= 15 is 0 Å². The Morgan fingerprint density at radius 2 is 2.03 bits per heavy atom. The van der Waals surface area contributed by atoms with E-state index in [0.29, 0.717) is 15.8 Å². The fraction of sp³-hybridized carbons (Fsp3) is 0.400. The molecule has 0 aliphatic carbocycles. The van der Waals surface area contributed by atoms with Gasteiger partial charge in [-0.1, -0.05) is 23.2 Å². The zero-order valence-electron chi connectivity index (χ0n) is 17.0. The van der Waals surface area contributed by atoms with Crippen molar-refractivity contribution in [1.82, 2.24) is 0 Å². The van der Waals surface area contributed by atoms with Crippen LogP contribution in [-0.2, 0) is 27.7 Å². The number of nitrogens with zero attached hydrogens (tertiary/aromatic N) is 1. The summed E-state index contributed by atoms with van der Waals surface area (Å²) in [4.78, 5) is 10.0. The molecule has 1 aliphatic rings. The molecule has 1 N–H and O–H groups in total. The molecule has 2 aromatic rings. The minimum Gasteiger partial charge on any atom is -0.495 e. The molecule has 3 rings (SSSR count). The van der Waals surface area contributed by atoms with Gasteiger partial charge in [-0.05, 0) is 53.8 Å². The van der Waals surface area contributed by atoms with Crippen LogP contribution in [-0.4, -0.2) is 44.0 Å². The normalized spacial score (nSPS) is 16.3. The summed E-state index contributed by atoms with van der Waals surface area (Å²) in [6.45, 7) is 0.383. The van der Waals surface area contributed by atoms with E-state index in [1.54, 1.807) is 11.8 Å². The third kappa shape index (κ3) is 5.67. The Hall–Kier alpha value is -1.56. The van der Waals surface area contributed by atoms with E-state index < -0.39 is 15.0 Å². The molecule has 32 heavy (non-hydrogen) atoms. The summed E-state index contributed by atoms with van der Waals surface area (Å²) in [5, 5.41) is 11.7. The van der Waals surface area contributed by atoms with Gasteiger partial charge in [-0.15, -0.1) is 0 Å². The highest BCUT2D eigenvalue weighted by molar-refractivity contribution is 7.99. The first-order valence-electron chi connectivity index (χ1n) is 9.62. The molecule has 0 amide bonds. The van der Waals surface area contributed by atoms with Crippen LogP contribution < -0.4 is 4.74 Å². The summed E-state index contributed by atoms with van der Waals surface area (Å²) in [6.07, 6.45) is 1.86. The van der Waals surface area contributed by atoms with Crippen LogP contribution in [0, 0.1) is 10.1 Å². The quantitative estimate of drug-likeness (QED) is 0.219. The van der Waals surface area contributed by atoms with E-state index in [2.05, 4.69) is 0 Å². The van der Waals surface area contributed by atoms with E-state index in [0.717, 1.165) is 47.9 Å². The number of nitro groups is 1. The number of hydrogen-bond acceptors (Lipinski definition) is 7. The summed E-state index contributed by atoms with van der Waals surface area (Å²) in [7, 11) is -2.99. The van der Waals surface area contributed by atoms with Crippen molar-refractivity contribution in [1.29, 1.82) is 0 Å². The number of thioether (sulfide) groups is 1. The van der Waals surface area contributed by atoms with Crippen LogP contribution in [0.1, 0.15) is 28.4 Å². The molecule has 8 nitrogen and oxygen atoms in total. The van der Waals surface area contributed by atoms with Gasteiger partial charge >= 0.3 is 0 Å². The van der Waals surface area contributed by atoms with Crippen LogP contribution in [0.5, 0.6) is 5.75 Å². The number of hydrogen-bond donors (Lipinski definition) is 1. The molecule has 0 saturated carbocycles. The zero-order valence-corrected chi connectivity index (χ0v) is 20.2. The van der Waals surface area contributed by atoms with Crippen LogP contribution in [0.4, 0.5) is 5.69 Å². The molecule has 0 saturated heterocycles. The predicted molar refractivity (Wildman–Crippen MR) is 124 cm³/mol. The highest BCUT2D eigenvalue weighted by Crippen LogP contribution is 2.46. The maximum atomic E-state index is 11.6. The first kappa shape index (κ1) is 25.1. The van der Waals surface area contributed by atoms with Crippen molar-refractivity contribution < 1.29 is 27.4 Å². The predicted octanol–water partition coefficient (Wildman–Crippen LogP) is 5.14. The molecule has 0 aromatic heterocycles. The van der Waals surface area contributed by atoms with E-state index in [-0.39, 0.29) is 41.0 Å². The number of non-ortho nitro benzene ring substituents is 1. The topological polar surface area (TPSA) is 116 Å². The van der Waals surface area contributed by atoms with Crippen molar-refractivity contribution in [2.75, 3.05) is 26.1 Å². The molecule has 174 valence electrons. The van der Waals surface area contributed by atoms with Crippen molar-refractivity contribution in [3.8, 4) is 5.75 Å². The minimum absolute atomic E-state index is 0.0676.